The molecule has 2 rings (SSSR count). The van der Waals surface area contributed by atoms with Crippen LogP contribution in [0.5, 0.6) is 0 Å². The average molecular weight is 296 g/mol. The smallest absolute Gasteiger partial charge is 0.317 e. The Morgan fingerprint density at radius 3 is 2.86 bits per heavy atom. The lowest BCUT2D eigenvalue weighted by atomic mass is 10.2. The second kappa shape index (κ2) is 7.42. The third kappa shape index (κ3) is 4.71. The topological polar surface area (TPSA) is 70.8 Å². The molecule has 1 unspecified atom stereocenters. The van der Waals surface area contributed by atoms with Gasteiger partial charge in [-0.05, 0) is 13.8 Å². The van der Waals surface area contributed by atoms with Gasteiger partial charge in [-0.1, -0.05) is 5.16 Å². The Morgan fingerprint density at radius 2 is 2.24 bits per heavy atom. The van der Waals surface area contributed by atoms with Crippen molar-refractivity contribution in [2.45, 2.75) is 26.4 Å². The quantitative estimate of drug-likeness (QED) is 0.872. The van der Waals surface area contributed by atoms with E-state index in [-0.39, 0.29) is 6.03 Å². The molecule has 1 aliphatic heterocycles. The van der Waals surface area contributed by atoms with E-state index in [1.165, 1.54) is 0 Å². The summed E-state index contributed by atoms with van der Waals surface area (Å²) in [5.74, 6) is 0.750. The van der Waals surface area contributed by atoms with Crippen molar-refractivity contribution in [2.24, 2.45) is 0 Å². The largest absolute Gasteiger partial charge is 0.379 e. The number of nitrogens with one attached hydrogen (secondary N) is 1. The van der Waals surface area contributed by atoms with Crippen LogP contribution in [0.2, 0.25) is 0 Å². The molecule has 1 aromatic heterocycles. The van der Waals surface area contributed by atoms with Gasteiger partial charge in [-0.2, -0.15) is 0 Å². The fourth-order valence-corrected chi connectivity index (χ4v) is 2.32. The molecule has 0 radical (unpaired) electrons. The molecule has 118 valence electrons. The van der Waals surface area contributed by atoms with Gasteiger partial charge in [0.2, 0.25) is 0 Å². The summed E-state index contributed by atoms with van der Waals surface area (Å²) in [6, 6.07) is 2.04. The van der Waals surface area contributed by atoms with E-state index >= 15 is 0 Å². The van der Waals surface area contributed by atoms with Crippen LogP contribution in [0.1, 0.15) is 18.4 Å². The summed E-state index contributed by atoms with van der Waals surface area (Å²) in [6.45, 7) is 8.40. The van der Waals surface area contributed by atoms with E-state index in [1.54, 1.807) is 11.9 Å². The van der Waals surface area contributed by atoms with E-state index < -0.39 is 0 Å². The lowest BCUT2D eigenvalue weighted by molar-refractivity contribution is 0.0207. The van der Waals surface area contributed by atoms with Crippen LogP contribution >= 0.6 is 0 Å². The lowest BCUT2D eigenvalue weighted by Gasteiger charge is -2.32. The number of ether oxygens (including phenoxy) is 1. The first-order valence-electron chi connectivity index (χ1n) is 7.29. The number of amides is 2. The van der Waals surface area contributed by atoms with Crippen LogP contribution in [0.3, 0.4) is 0 Å². The Morgan fingerprint density at radius 1 is 1.52 bits per heavy atom. The van der Waals surface area contributed by atoms with Gasteiger partial charge in [-0.15, -0.1) is 0 Å². The van der Waals surface area contributed by atoms with Crippen LogP contribution < -0.4 is 5.32 Å². The van der Waals surface area contributed by atoms with Crippen LogP contribution in [0.15, 0.2) is 10.6 Å². The Kier molecular flexibility index (Phi) is 5.58. The van der Waals surface area contributed by atoms with E-state index in [1.807, 2.05) is 13.0 Å². The highest BCUT2D eigenvalue weighted by molar-refractivity contribution is 5.73. The number of carbonyl (C=O) groups is 1. The van der Waals surface area contributed by atoms with Gasteiger partial charge in [0, 0.05) is 38.8 Å². The van der Waals surface area contributed by atoms with E-state index in [2.05, 4.69) is 22.3 Å². The molecule has 1 fully saturated rings. The van der Waals surface area contributed by atoms with Crippen molar-refractivity contribution in [1.29, 1.82) is 0 Å². The molecule has 1 aliphatic rings. The first kappa shape index (κ1) is 15.8. The molecule has 0 aromatic carbocycles. The van der Waals surface area contributed by atoms with Crippen molar-refractivity contribution in [3.8, 4) is 0 Å². The van der Waals surface area contributed by atoms with Crippen molar-refractivity contribution < 1.29 is 14.1 Å². The van der Waals surface area contributed by atoms with Crippen molar-refractivity contribution in [3.05, 3.63) is 17.5 Å². The maximum Gasteiger partial charge on any atom is 0.317 e. The molecule has 0 bridgehead atoms. The molecule has 0 spiro atoms. The van der Waals surface area contributed by atoms with Gasteiger partial charge in [0.25, 0.3) is 0 Å². The zero-order valence-corrected chi connectivity index (χ0v) is 13.0. The molecule has 0 aliphatic carbocycles. The van der Waals surface area contributed by atoms with Gasteiger partial charge in [0.1, 0.15) is 11.5 Å². The van der Waals surface area contributed by atoms with Crippen molar-refractivity contribution in [3.63, 3.8) is 0 Å². The monoisotopic (exact) mass is 296 g/mol. The molecule has 1 saturated heterocycles. The van der Waals surface area contributed by atoms with E-state index in [0.29, 0.717) is 19.1 Å². The predicted molar refractivity (Wildman–Crippen MR) is 78.0 cm³/mol. The summed E-state index contributed by atoms with van der Waals surface area (Å²) in [4.78, 5) is 16.0. The van der Waals surface area contributed by atoms with Gasteiger partial charge in [-0.25, -0.2) is 4.79 Å². The first-order valence-corrected chi connectivity index (χ1v) is 7.29. The fraction of sp³-hybridized carbons (Fsp3) is 0.714. The third-order valence-electron chi connectivity index (χ3n) is 3.64. The molecule has 0 saturated carbocycles. The third-order valence-corrected chi connectivity index (χ3v) is 3.64. The number of aromatic nitrogens is 1. The van der Waals surface area contributed by atoms with Crippen molar-refractivity contribution >= 4 is 6.03 Å². The standard InChI is InChI=1S/C14H24N4O3/c1-11(18-4-6-20-7-5-18)9-15-14(19)17(3)10-13-8-12(2)21-16-13/h8,11H,4-7,9-10H2,1-3H3,(H,15,19). The molecular formula is C14H24N4O3. The minimum Gasteiger partial charge on any atom is -0.379 e. The molecule has 2 amide bonds. The lowest BCUT2D eigenvalue weighted by Crippen LogP contribution is -2.49. The van der Waals surface area contributed by atoms with E-state index in [9.17, 15) is 4.79 Å². The Balaban J connectivity index is 1.72. The molecule has 2 heterocycles. The number of hydrogen-bond acceptors (Lipinski definition) is 5. The minimum absolute atomic E-state index is 0.101. The summed E-state index contributed by atoms with van der Waals surface area (Å²) >= 11 is 0. The SMILES string of the molecule is Cc1cc(CN(C)C(=O)NCC(C)N2CCOCC2)no1. The van der Waals surface area contributed by atoms with Crippen LogP contribution in [0.4, 0.5) is 4.79 Å². The summed E-state index contributed by atoms with van der Waals surface area (Å²) in [5, 5.41) is 6.84. The number of carbonyl (C=O) groups excluding carboxylic acids is 1. The number of morpholine rings is 1. The Bertz CT molecular complexity index is 457. The zero-order chi connectivity index (χ0) is 15.2. The fourth-order valence-electron chi connectivity index (χ4n) is 2.32. The van der Waals surface area contributed by atoms with Crippen LogP contribution in [0, 0.1) is 6.92 Å². The Hall–Kier alpha value is -1.60. The van der Waals surface area contributed by atoms with Crippen molar-refractivity contribution in [1.82, 2.24) is 20.3 Å². The van der Waals surface area contributed by atoms with Gasteiger partial charge in [-0.3, -0.25) is 4.90 Å². The molecule has 7 heteroatoms. The normalized spacial score (nSPS) is 17.5. The van der Waals surface area contributed by atoms with Crippen LogP contribution in [0.25, 0.3) is 0 Å². The molecule has 7 nitrogen and oxygen atoms in total. The van der Waals surface area contributed by atoms with Gasteiger partial charge in [0.15, 0.2) is 0 Å². The average Bonchev–Trinajstić information content (AvgIpc) is 2.90. The van der Waals surface area contributed by atoms with Crippen LogP contribution in [-0.2, 0) is 11.3 Å². The number of rotatable bonds is 5. The summed E-state index contributed by atoms with van der Waals surface area (Å²) < 4.78 is 10.3. The summed E-state index contributed by atoms with van der Waals surface area (Å²) in [5.41, 5.74) is 0.756. The minimum atomic E-state index is -0.101. The Labute approximate surface area is 125 Å². The summed E-state index contributed by atoms with van der Waals surface area (Å²) in [7, 11) is 1.75. The predicted octanol–water partition coefficient (Wildman–Crippen LogP) is 0.845. The number of nitrogens with zero attached hydrogens (tertiary/aromatic N) is 3. The molecule has 1 aromatic rings. The maximum atomic E-state index is 12.1. The highest BCUT2D eigenvalue weighted by Crippen LogP contribution is 2.05. The number of hydrogen-bond donors (Lipinski definition) is 1. The second-order valence-electron chi connectivity index (χ2n) is 5.47. The molecular weight excluding hydrogens is 272 g/mol. The van der Waals surface area contributed by atoms with Crippen LogP contribution in [-0.4, -0.2) is 66.9 Å². The number of aryl methyl sites for hydroxylation is 1. The van der Waals surface area contributed by atoms with Gasteiger partial charge < -0.3 is 19.5 Å². The summed E-state index contributed by atoms with van der Waals surface area (Å²) in [6.07, 6.45) is 0. The zero-order valence-electron chi connectivity index (χ0n) is 13.0. The molecule has 21 heavy (non-hydrogen) atoms. The highest BCUT2D eigenvalue weighted by Gasteiger charge is 2.18. The van der Waals surface area contributed by atoms with Gasteiger partial charge >= 0.3 is 6.03 Å². The van der Waals surface area contributed by atoms with E-state index in [0.717, 1.165) is 37.8 Å². The van der Waals surface area contributed by atoms with Gasteiger partial charge in [0.05, 0.1) is 19.8 Å². The van der Waals surface area contributed by atoms with Crippen molar-refractivity contribution in [2.75, 3.05) is 39.9 Å². The molecule has 1 atom stereocenters. The van der Waals surface area contributed by atoms with E-state index in [4.69, 9.17) is 9.26 Å². The highest BCUT2D eigenvalue weighted by atomic mass is 16.5. The second-order valence-corrected chi connectivity index (χ2v) is 5.47. The first-order chi connectivity index (χ1) is 10.1. The molecule has 1 N–H and O–H groups in total. The maximum absolute atomic E-state index is 12.1. The number of urea groups is 1.